The number of carbonyl (C=O) groups is 1. The summed E-state index contributed by atoms with van der Waals surface area (Å²) in [6.45, 7) is 3.72. The lowest BCUT2D eigenvalue weighted by molar-refractivity contribution is 0.0696. The van der Waals surface area contributed by atoms with Crippen molar-refractivity contribution in [2.45, 2.75) is 32.4 Å². The smallest absolute Gasteiger partial charge is 0.335 e. The average Bonchev–Trinajstić information content (AvgIpc) is 2.63. The second kappa shape index (κ2) is 7.97. The molecule has 0 spiro atoms. The summed E-state index contributed by atoms with van der Waals surface area (Å²) in [5, 5.41) is 12.5. The highest BCUT2D eigenvalue weighted by Gasteiger charge is 2.13. The lowest BCUT2D eigenvalue weighted by Crippen LogP contribution is -2.30. The number of benzene rings is 2. The fraction of sp³-hybridized carbons (Fsp3) is 0.350. The second-order valence-electron chi connectivity index (χ2n) is 6.29. The van der Waals surface area contributed by atoms with Crippen LogP contribution in [0.25, 0.3) is 0 Å². The number of para-hydroxylation sites is 1. The molecule has 2 N–H and O–H groups in total. The van der Waals surface area contributed by atoms with Gasteiger partial charge in [0.05, 0.1) is 5.56 Å². The quantitative estimate of drug-likeness (QED) is 0.851. The zero-order valence-electron chi connectivity index (χ0n) is 13.9. The predicted octanol–water partition coefficient (Wildman–Crippen LogP) is 3.66. The highest BCUT2D eigenvalue weighted by Crippen LogP contribution is 2.24. The number of nitrogens with one attached hydrogen (secondary N) is 1. The molecule has 2 aromatic carbocycles. The number of anilines is 1. The Bertz CT molecular complexity index is 694. The number of hydrogen-bond acceptors (Lipinski definition) is 3. The molecule has 1 saturated heterocycles. The third-order valence-electron chi connectivity index (χ3n) is 4.51. The van der Waals surface area contributed by atoms with Crippen LogP contribution >= 0.6 is 0 Å². The molecule has 0 aliphatic carbocycles. The molecular weight excluding hydrogens is 300 g/mol. The summed E-state index contributed by atoms with van der Waals surface area (Å²) in [4.78, 5) is 13.5. The monoisotopic (exact) mass is 324 g/mol. The molecule has 126 valence electrons. The molecular formula is C20H24N2O2. The summed E-state index contributed by atoms with van der Waals surface area (Å²) in [5.41, 5.74) is 3.95. The minimum Gasteiger partial charge on any atom is -0.478 e. The second-order valence-corrected chi connectivity index (χ2v) is 6.29. The maximum absolute atomic E-state index is 11.0. The number of carboxylic acid groups (broad SMARTS) is 1. The largest absolute Gasteiger partial charge is 0.478 e. The van der Waals surface area contributed by atoms with Crippen molar-refractivity contribution in [3.63, 3.8) is 0 Å². The molecule has 1 aliphatic heterocycles. The van der Waals surface area contributed by atoms with E-state index in [1.807, 2.05) is 6.07 Å². The molecule has 2 aromatic rings. The van der Waals surface area contributed by atoms with Crippen LogP contribution in [0.1, 0.15) is 40.7 Å². The van der Waals surface area contributed by atoms with Crippen LogP contribution in [-0.2, 0) is 13.1 Å². The normalized spacial score (nSPS) is 14.6. The molecule has 0 radical (unpaired) electrons. The summed E-state index contributed by atoms with van der Waals surface area (Å²) in [6.07, 6.45) is 3.87. The van der Waals surface area contributed by atoms with Gasteiger partial charge in [0.15, 0.2) is 0 Å². The van der Waals surface area contributed by atoms with E-state index in [1.54, 1.807) is 18.2 Å². The first-order valence-electron chi connectivity index (χ1n) is 8.60. The highest BCUT2D eigenvalue weighted by molar-refractivity contribution is 5.87. The van der Waals surface area contributed by atoms with Gasteiger partial charge in [0.2, 0.25) is 0 Å². The summed E-state index contributed by atoms with van der Waals surface area (Å²) in [7, 11) is 0. The van der Waals surface area contributed by atoms with E-state index < -0.39 is 5.97 Å². The van der Waals surface area contributed by atoms with Gasteiger partial charge in [-0.25, -0.2) is 4.79 Å². The number of piperidine rings is 1. The predicted molar refractivity (Wildman–Crippen MR) is 96.5 cm³/mol. The van der Waals surface area contributed by atoms with Gasteiger partial charge in [-0.3, -0.25) is 0 Å². The zero-order chi connectivity index (χ0) is 16.8. The molecule has 3 rings (SSSR count). The van der Waals surface area contributed by atoms with E-state index in [4.69, 9.17) is 5.11 Å². The van der Waals surface area contributed by atoms with E-state index in [0.717, 1.165) is 25.2 Å². The van der Waals surface area contributed by atoms with Crippen molar-refractivity contribution < 1.29 is 9.90 Å². The Morgan fingerprint density at radius 1 is 1.00 bits per heavy atom. The van der Waals surface area contributed by atoms with Gasteiger partial charge in [-0.15, -0.1) is 0 Å². The maximum atomic E-state index is 11.0. The van der Waals surface area contributed by atoms with Gasteiger partial charge in [0.25, 0.3) is 0 Å². The van der Waals surface area contributed by atoms with Gasteiger partial charge >= 0.3 is 5.97 Å². The van der Waals surface area contributed by atoms with Crippen LogP contribution in [0, 0.1) is 0 Å². The Balaban J connectivity index is 1.62. The van der Waals surface area contributed by atoms with Gasteiger partial charge in [-0.2, -0.15) is 0 Å². The standard InChI is InChI=1S/C20H24N2O2/c23-20(24)17-9-6-7-16(13-17)14-21-15-18-8-2-3-10-19(18)22-11-4-1-5-12-22/h2-3,6-10,13,21H,1,4-5,11-12,14-15H2,(H,23,24). The first-order valence-corrected chi connectivity index (χ1v) is 8.60. The minimum atomic E-state index is -0.882. The molecule has 1 fully saturated rings. The highest BCUT2D eigenvalue weighted by atomic mass is 16.4. The van der Waals surface area contributed by atoms with Crippen LogP contribution in [0.5, 0.6) is 0 Å². The van der Waals surface area contributed by atoms with Gasteiger partial charge in [0, 0.05) is 31.9 Å². The summed E-state index contributed by atoms with van der Waals surface area (Å²) >= 11 is 0. The topological polar surface area (TPSA) is 52.6 Å². The van der Waals surface area contributed by atoms with Crippen molar-refractivity contribution in [2.75, 3.05) is 18.0 Å². The van der Waals surface area contributed by atoms with Crippen molar-refractivity contribution >= 4 is 11.7 Å². The molecule has 4 heteroatoms. The number of aromatic carboxylic acids is 1. The van der Waals surface area contributed by atoms with E-state index in [2.05, 4.69) is 34.5 Å². The van der Waals surface area contributed by atoms with Crippen LogP contribution in [0.2, 0.25) is 0 Å². The Labute approximate surface area is 143 Å². The zero-order valence-corrected chi connectivity index (χ0v) is 13.9. The fourth-order valence-electron chi connectivity index (χ4n) is 3.26. The van der Waals surface area contributed by atoms with Crippen LogP contribution < -0.4 is 10.2 Å². The third-order valence-corrected chi connectivity index (χ3v) is 4.51. The van der Waals surface area contributed by atoms with Crippen LogP contribution in [-0.4, -0.2) is 24.2 Å². The Kier molecular flexibility index (Phi) is 5.49. The van der Waals surface area contributed by atoms with E-state index in [-0.39, 0.29) is 0 Å². The Hall–Kier alpha value is -2.33. The van der Waals surface area contributed by atoms with E-state index in [9.17, 15) is 4.79 Å². The first-order chi connectivity index (χ1) is 11.7. The number of nitrogens with zero attached hydrogens (tertiary/aromatic N) is 1. The van der Waals surface area contributed by atoms with Gasteiger partial charge in [-0.1, -0.05) is 30.3 Å². The van der Waals surface area contributed by atoms with Crippen molar-refractivity contribution in [2.24, 2.45) is 0 Å². The van der Waals surface area contributed by atoms with E-state index in [1.165, 1.54) is 30.5 Å². The third kappa shape index (κ3) is 4.15. The molecule has 0 unspecified atom stereocenters. The van der Waals surface area contributed by atoms with Crippen LogP contribution in [0.15, 0.2) is 48.5 Å². The lowest BCUT2D eigenvalue weighted by atomic mass is 10.1. The fourth-order valence-corrected chi connectivity index (χ4v) is 3.26. The SMILES string of the molecule is O=C(O)c1cccc(CNCc2ccccc2N2CCCCC2)c1. The summed E-state index contributed by atoms with van der Waals surface area (Å²) < 4.78 is 0. The van der Waals surface area contributed by atoms with Gasteiger partial charge in [-0.05, 0) is 48.6 Å². The van der Waals surface area contributed by atoms with E-state index in [0.29, 0.717) is 12.1 Å². The lowest BCUT2D eigenvalue weighted by Gasteiger charge is -2.30. The molecule has 4 nitrogen and oxygen atoms in total. The number of rotatable bonds is 6. The molecule has 1 aliphatic rings. The molecule has 0 atom stereocenters. The van der Waals surface area contributed by atoms with Gasteiger partial charge < -0.3 is 15.3 Å². The van der Waals surface area contributed by atoms with Crippen LogP contribution in [0.3, 0.4) is 0 Å². The number of hydrogen-bond donors (Lipinski definition) is 2. The summed E-state index contributed by atoms with van der Waals surface area (Å²) in [6, 6.07) is 15.7. The Morgan fingerprint density at radius 2 is 1.79 bits per heavy atom. The summed E-state index contributed by atoms with van der Waals surface area (Å²) in [5.74, 6) is -0.882. The van der Waals surface area contributed by atoms with Crippen molar-refractivity contribution in [3.05, 3.63) is 65.2 Å². The Morgan fingerprint density at radius 3 is 2.58 bits per heavy atom. The molecule has 0 aromatic heterocycles. The maximum Gasteiger partial charge on any atom is 0.335 e. The minimum absolute atomic E-state index is 0.336. The molecule has 24 heavy (non-hydrogen) atoms. The average molecular weight is 324 g/mol. The van der Waals surface area contributed by atoms with Gasteiger partial charge in [0.1, 0.15) is 0 Å². The first kappa shape index (κ1) is 16.5. The van der Waals surface area contributed by atoms with E-state index >= 15 is 0 Å². The number of carboxylic acids is 1. The molecule has 0 saturated carbocycles. The van der Waals surface area contributed by atoms with Crippen molar-refractivity contribution in [1.82, 2.24) is 5.32 Å². The molecule has 0 bridgehead atoms. The molecule has 0 amide bonds. The van der Waals surface area contributed by atoms with Crippen molar-refractivity contribution in [3.8, 4) is 0 Å². The van der Waals surface area contributed by atoms with Crippen LogP contribution in [0.4, 0.5) is 5.69 Å². The van der Waals surface area contributed by atoms with Crippen molar-refractivity contribution in [1.29, 1.82) is 0 Å². The molecule has 1 heterocycles.